The summed E-state index contributed by atoms with van der Waals surface area (Å²) in [5.74, 6) is 2.13. The van der Waals surface area contributed by atoms with E-state index in [0.29, 0.717) is 0 Å². The molecule has 6 nitrogen and oxygen atoms in total. The van der Waals surface area contributed by atoms with Crippen molar-refractivity contribution in [3.05, 3.63) is 48.5 Å². The van der Waals surface area contributed by atoms with Gasteiger partial charge in [-0.2, -0.15) is 0 Å². The average molecular weight is 629 g/mol. The van der Waals surface area contributed by atoms with Gasteiger partial charge >= 0.3 is 260 Å². The molecule has 42 heavy (non-hydrogen) atoms. The van der Waals surface area contributed by atoms with Crippen LogP contribution in [0.15, 0.2) is 48.5 Å². The number of hydrogen-bond donors (Lipinski definition) is 0. The Bertz CT molecular complexity index is 1390. The molecule has 226 valence electrons. The maximum absolute atomic E-state index is 5.38. The molecule has 3 heterocycles. The number of rotatable bonds is 4. The van der Waals surface area contributed by atoms with E-state index in [-0.39, 0.29) is 21.7 Å². The van der Waals surface area contributed by atoms with Gasteiger partial charge in [0.25, 0.3) is 0 Å². The summed E-state index contributed by atoms with van der Waals surface area (Å²) >= 11 is -2.53. The second kappa shape index (κ2) is 10.5. The van der Waals surface area contributed by atoms with E-state index in [1.54, 1.807) is 0 Å². The molecule has 0 fully saturated rings. The first-order chi connectivity index (χ1) is 19.3. The van der Waals surface area contributed by atoms with Crippen LogP contribution in [0.1, 0.15) is 83.1 Å². The molecule has 0 spiro atoms. The Hall–Kier alpha value is -2.61. The molecular weight excluding hydrogens is 577 g/mol. The van der Waals surface area contributed by atoms with Gasteiger partial charge in [0.2, 0.25) is 0 Å². The van der Waals surface area contributed by atoms with Gasteiger partial charge in [-0.15, -0.1) is 0 Å². The van der Waals surface area contributed by atoms with Crippen LogP contribution in [-0.4, -0.2) is 55.1 Å². The zero-order valence-electron chi connectivity index (χ0n) is 28.1. The van der Waals surface area contributed by atoms with Crippen LogP contribution in [-0.2, 0) is 0 Å². The molecule has 0 unspecified atom stereocenters. The molecule has 0 amide bonds. The van der Waals surface area contributed by atoms with Gasteiger partial charge in [-0.05, 0) is 0 Å². The fourth-order valence-corrected chi connectivity index (χ4v) is 13.5. The van der Waals surface area contributed by atoms with Crippen molar-refractivity contribution in [3.8, 4) is 0 Å². The zero-order chi connectivity index (χ0) is 30.8. The van der Waals surface area contributed by atoms with Crippen LogP contribution < -0.4 is 17.5 Å². The molecule has 1 aromatic heterocycles. The van der Waals surface area contributed by atoms with Crippen molar-refractivity contribution in [3.63, 3.8) is 0 Å². The van der Waals surface area contributed by atoms with Crippen LogP contribution >= 0.6 is 0 Å². The molecule has 2 aliphatic rings. The van der Waals surface area contributed by atoms with Crippen LogP contribution in [0.5, 0.6) is 0 Å². The van der Waals surface area contributed by atoms with E-state index in [2.05, 4.69) is 149 Å². The molecule has 5 rings (SSSR count). The number of nitrogens with zero attached hydrogens (tertiary/aromatic N) is 6. The third kappa shape index (κ3) is 6.48. The van der Waals surface area contributed by atoms with Gasteiger partial charge in [0.05, 0.1) is 0 Å². The first kappa shape index (κ1) is 30.8. The van der Waals surface area contributed by atoms with Crippen molar-refractivity contribution in [2.45, 2.75) is 83.1 Å². The predicted octanol–water partition coefficient (Wildman–Crippen LogP) is 7.92. The second-order valence-electron chi connectivity index (χ2n) is 17.1. The minimum atomic E-state index is -2.53. The summed E-state index contributed by atoms with van der Waals surface area (Å²) in [5.41, 5.74) is 5.05. The quantitative estimate of drug-likeness (QED) is 0.273. The maximum atomic E-state index is 5.38. The summed E-state index contributed by atoms with van der Waals surface area (Å²) < 4.78 is 6.94. The summed E-state index contributed by atoms with van der Waals surface area (Å²) in [7, 11) is 0. The third-order valence-corrected chi connectivity index (χ3v) is 12.9. The number of aromatic nitrogens is 2. The van der Waals surface area contributed by atoms with Crippen LogP contribution in [0.4, 0.5) is 23.0 Å². The van der Waals surface area contributed by atoms with Gasteiger partial charge in [0.1, 0.15) is 0 Å². The van der Waals surface area contributed by atoms with E-state index in [4.69, 9.17) is 9.97 Å². The average Bonchev–Trinajstić information content (AvgIpc) is 3.25. The zero-order valence-corrected chi connectivity index (χ0v) is 30.2. The van der Waals surface area contributed by atoms with Crippen LogP contribution in [0.25, 0.3) is 11.0 Å². The van der Waals surface area contributed by atoms with Crippen LogP contribution in [0, 0.1) is 21.7 Å². The monoisotopic (exact) mass is 630 g/mol. The van der Waals surface area contributed by atoms with Crippen molar-refractivity contribution in [1.82, 2.24) is 9.97 Å². The minimum absolute atomic E-state index is 0.0936. The third-order valence-electron chi connectivity index (χ3n) is 7.26. The van der Waals surface area contributed by atoms with Gasteiger partial charge < -0.3 is 0 Å². The van der Waals surface area contributed by atoms with Crippen LogP contribution in [0.2, 0.25) is 0 Å². The molecule has 0 radical (unpaired) electrons. The number of para-hydroxylation sites is 4. The number of fused-ring (bicyclic) bond motifs is 3. The molecule has 0 aliphatic carbocycles. The van der Waals surface area contributed by atoms with E-state index in [1.807, 2.05) is 0 Å². The van der Waals surface area contributed by atoms with Crippen molar-refractivity contribution in [1.29, 1.82) is 0 Å². The summed E-state index contributed by atoms with van der Waals surface area (Å²) in [6.07, 6.45) is 0. The first-order valence-corrected chi connectivity index (χ1v) is 18.4. The van der Waals surface area contributed by atoms with Gasteiger partial charge in [0.15, 0.2) is 0 Å². The van der Waals surface area contributed by atoms with Crippen molar-refractivity contribution in [2.75, 3.05) is 43.7 Å². The van der Waals surface area contributed by atoms with Gasteiger partial charge in [-0.3, -0.25) is 0 Å². The molecule has 7 heteroatoms. The fourth-order valence-electron chi connectivity index (χ4n) is 5.98. The number of anilines is 4. The predicted molar refractivity (Wildman–Crippen MR) is 184 cm³/mol. The number of benzene rings is 2. The number of hydrogen-bond acceptors (Lipinski definition) is 6. The summed E-state index contributed by atoms with van der Waals surface area (Å²) in [6.45, 7) is 32.1. The Labute approximate surface area is 259 Å². The molecule has 2 aromatic carbocycles. The van der Waals surface area contributed by atoms with E-state index < -0.39 is 14.4 Å². The molecule has 0 saturated carbocycles. The van der Waals surface area contributed by atoms with E-state index in [9.17, 15) is 0 Å². The molecule has 0 atom stereocenters. The summed E-state index contributed by atoms with van der Waals surface area (Å²) in [6, 6.07) is 17.5. The van der Waals surface area contributed by atoms with E-state index in [0.717, 1.165) is 48.8 Å². The summed E-state index contributed by atoms with van der Waals surface area (Å²) in [5, 5.41) is 0. The van der Waals surface area contributed by atoms with Crippen LogP contribution in [0.3, 0.4) is 0 Å². The standard InChI is InChI=1S/C35H52GeN6/c1-32(2,3)21-39-27-19-15-16-20-28(27)40(22-33(4,5)6)31(39)36-41(23-34(7,8)9)29-30(42(36)24-35(10,11)12)38-26-18-14-13-17-25(26)37-29/h13-20H,21-24H2,1-12H3. The van der Waals surface area contributed by atoms with E-state index >= 15 is 0 Å². The molecule has 0 bridgehead atoms. The Balaban J connectivity index is 1.88. The van der Waals surface area contributed by atoms with Gasteiger partial charge in [-0.25, -0.2) is 0 Å². The molecule has 0 saturated heterocycles. The normalized spacial score (nSPS) is 16.2. The summed E-state index contributed by atoms with van der Waals surface area (Å²) in [4.78, 5) is 16.1. The topological polar surface area (TPSA) is 38.7 Å². The molecule has 2 aliphatic heterocycles. The SMILES string of the molecule is CC(C)(C)CN1[C](=[Ge]2[N](CC(C)(C)C)c3nc4ccccc4nc3[N]2CC(C)(C)C)N(CC(C)(C)C)c2ccccc21. The van der Waals surface area contributed by atoms with Gasteiger partial charge in [0, 0.05) is 0 Å². The van der Waals surface area contributed by atoms with E-state index in [1.165, 1.54) is 16.0 Å². The Morgan fingerprint density at radius 1 is 0.500 bits per heavy atom. The fraction of sp³-hybridized carbons (Fsp3) is 0.571. The Kier molecular flexibility index (Phi) is 7.73. The van der Waals surface area contributed by atoms with Crippen molar-refractivity contribution >= 4 is 53.0 Å². The Morgan fingerprint density at radius 2 is 0.833 bits per heavy atom. The van der Waals surface area contributed by atoms with Gasteiger partial charge in [-0.1, -0.05) is 0 Å². The van der Waals surface area contributed by atoms with Crippen molar-refractivity contribution < 1.29 is 0 Å². The molecule has 0 N–H and O–H groups in total. The van der Waals surface area contributed by atoms with Crippen molar-refractivity contribution in [2.24, 2.45) is 21.7 Å². The second-order valence-corrected chi connectivity index (χ2v) is 21.6. The first-order valence-electron chi connectivity index (χ1n) is 15.5. The molecular formula is C35H52GeN6. The Morgan fingerprint density at radius 3 is 1.17 bits per heavy atom. The molecule has 3 aromatic rings.